The number of aromatic amines is 1. The van der Waals surface area contributed by atoms with Crippen LogP contribution >= 0.6 is 12.4 Å². The van der Waals surface area contributed by atoms with Crippen molar-refractivity contribution in [3.8, 4) is 0 Å². The molecule has 1 amide bonds. The summed E-state index contributed by atoms with van der Waals surface area (Å²) in [5.41, 5.74) is 7.27. The topological polar surface area (TPSA) is 104 Å². The normalized spacial score (nSPS) is 11.9. The molecule has 0 fully saturated rings. The summed E-state index contributed by atoms with van der Waals surface area (Å²) in [5, 5.41) is 19.6. The van der Waals surface area contributed by atoms with Crippen molar-refractivity contribution in [2.24, 2.45) is 5.73 Å². The summed E-state index contributed by atoms with van der Waals surface area (Å²) in [4.78, 5) is 11.3. The van der Waals surface area contributed by atoms with Crippen molar-refractivity contribution in [3.63, 3.8) is 0 Å². The number of aromatic nitrogens is 2. The van der Waals surface area contributed by atoms with Gasteiger partial charge in [-0.2, -0.15) is 5.10 Å². The van der Waals surface area contributed by atoms with Gasteiger partial charge >= 0.3 is 0 Å². The number of H-pyrrole nitrogens is 1. The molecule has 7 heteroatoms. The molecule has 0 radical (unpaired) electrons. The minimum Gasteiger partial charge on any atom is -0.394 e. The van der Waals surface area contributed by atoms with Gasteiger partial charge in [0.1, 0.15) is 6.04 Å². The van der Waals surface area contributed by atoms with Gasteiger partial charge in [0.05, 0.1) is 12.1 Å². The molecular formula is C12H17ClN4O2. The van der Waals surface area contributed by atoms with E-state index in [-0.39, 0.29) is 24.9 Å². The Balaban J connectivity index is 0.00000180. The van der Waals surface area contributed by atoms with E-state index in [0.29, 0.717) is 13.0 Å². The number of benzene rings is 1. The SMILES string of the molecule is Cl.N[C@@H](CO)C(=O)NCCc1[nH]nc2ccccc12. The summed E-state index contributed by atoms with van der Waals surface area (Å²) in [6, 6.07) is 6.92. The van der Waals surface area contributed by atoms with E-state index >= 15 is 0 Å². The third kappa shape index (κ3) is 3.66. The maximum Gasteiger partial charge on any atom is 0.239 e. The Morgan fingerprint density at radius 3 is 2.95 bits per heavy atom. The van der Waals surface area contributed by atoms with Gasteiger partial charge in [0.25, 0.3) is 0 Å². The van der Waals surface area contributed by atoms with Crippen molar-refractivity contribution >= 4 is 29.2 Å². The number of carbonyl (C=O) groups excluding carboxylic acids is 1. The Kier molecular flexibility index (Phi) is 5.75. The van der Waals surface area contributed by atoms with Crippen molar-refractivity contribution in [1.29, 1.82) is 0 Å². The average molecular weight is 285 g/mol. The van der Waals surface area contributed by atoms with E-state index in [2.05, 4.69) is 15.5 Å². The summed E-state index contributed by atoms with van der Waals surface area (Å²) in [6.07, 6.45) is 0.643. The van der Waals surface area contributed by atoms with Crippen LogP contribution in [0.25, 0.3) is 10.9 Å². The van der Waals surface area contributed by atoms with Crippen molar-refractivity contribution in [2.45, 2.75) is 12.5 Å². The predicted octanol–water partition coefficient (Wildman–Crippen LogP) is -0.0370. The molecule has 6 nitrogen and oxygen atoms in total. The first kappa shape index (κ1) is 15.4. The number of nitrogens with zero attached hydrogens (tertiary/aromatic N) is 1. The molecule has 1 aromatic carbocycles. The first-order chi connectivity index (χ1) is 8.72. The number of halogens is 1. The second-order valence-electron chi connectivity index (χ2n) is 4.05. The number of fused-ring (bicyclic) bond motifs is 1. The summed E-state index contributed by atoms with van der Waals surface area (Å²) >= 11 is 0. The quantitative estimate of drug-likeness (QED) is 0.618. The smallest absolute Gasteiger partial charge is 0.239 e. The Labute approximate surface area is 116 Å². The minimum absolute atomic E-state index is 0. The van der Waals surface area contributed by atoms with Crippen LogP contribution in [0.3, 0.4) is 0 Å². The number of aliphatic hydroxyl groups excluding tert-OH is 1. The number of nitrogens with two attached hydrogens (primary N) is 1. The second kappa shape index (κ2) is 7.08. The molecule has 0 bridgehead atoms. The fourth-order valence-corrected chi connectivity index (χ4v) is 1.73. The molecule has 0 saturated heterocycles. The first-order valence-corrected chi connectivity index (χ1v) is 5.78. The molecule has 2 aromatic rings. The number of amides is 1. The van der Waals surface area contributed by atoms with Gasteiger partial charge in [-0.05, 0) is 6.07 Å². The molecule has 0 unspecified atom stereocenters. The Morgan fingerprint density at radius 1 is 1.47 bits per heavy atom. The van der Waals surface area contributed by atoms with Crippen LogP contribution in [-0.2, 0) is 11.2 Å². The Hall–Kier alpha value is -1.63. The van der Waals surface area contributed by atoms with E-state index in [9.17, 15) is 4.79 Å². The zero-order valence-electron chi connectivity index (χ0n) is 10.3. The van der Waals surface area contributed by atoms with E-state index in [1.165, 1.54) is 0 Å². The number of para-hydroxylation sites is 1. The molecule has 0 aliphatic rings. The van der Waals surface area contributed by atoms with Crippen molar-refractivity contribution in [2.75, 3.05) is 13.2 Å². The van der Waals surface area contributed by atoms with E-state index in [1.807, 2.05) is 24.3 Å². The number of hydrogen-bond acceptors (Lipinski definition) is 4. The lowest BCUT2D eigenvalue weighted by atomic mass is 10.1. The average Bonchev–Trinajstić information content (AvgIpc) is 2.81. The van der Waals surface area contributed by atoms with Crippen LogP contribution in [0.1, 0.15) is 5.69 Å². The van der Waals surface area contributed by atoms with Crippen molar-refractivity contribution in [3.05, 3.63) is 30.0 Å². The van der Waals surface area contributed by atoms with E-state index in [1.54, 1.807) is 0 Å². The molecular weight excluding hydrogens is 268 g/mol. The number of rotatable bonds is 5. The summed E-state index contributed by atoms with van der Waals surface area (Å²) in [6.45, 7) is 0.109. The predicted molar refractivity (Wildman–Crippen MR) is 75.1 cm³/mol. The minimum atomic E-state index is -0.858. The van der Waals surface area contributed by atoms with Crippen LogP contribution in [0.15, 0.2) is 24.3 Å². The molecule has 0 aliphatic heterocycles. The Morgan fingerprint density at radius 2 is 2.21 bits per heavy atom. The van der Waals surface area contributed by atoms with Crippen LogP contribution in [0.4, 0.5) is 0 Å². The van der Waals surface area contributed by atoms with Gasteiger partial charge in [-0.1, -0.05) is 18.2 Å². The highest BCUT2D eigenvalue weighted by Gasteiger charge is 2.11. The zero-order valence-corrected chi connectivity index (χ0v) is 11.1. The molecule has 1 aromatic heterocycles. The highest BCUT2D eigenvalue weighted by atomic mass is 35.5. The van der Waals surface area contributed by atoms with Gasteiger partial charge in [0.15, 0.2) is 0 Å². The van der Waals surface area contributed by atoms with Crippen molar-refractivity contribution < 1.29 is 9.90 Å². The highest BCUT2D eigenvalue weighted by Crippen LogP contribution is 2.14. The number of nitrogens with one attached hydrogen (secondary N) is 2. The fraction of sp³-hybridized carbons (Fsp3) is 0.333. The zero-order chi connectivity index (χ0) is 13.0. The van der Waals surface area contributed by atoms with Crippen LogP contribution in [-0.4, -0.2) is 40.4 Å². The Bertz CT molecular complexity index is 543. The third-order valence-electron chi connectivity index (χ3n) is 2.75. The van der Waals surface area contributed by atoms with Crippen LogP contribution in [0.2, 0.25) is 0 Å². The van der Waals surface area contributed by atoms with Crippen LogP contribution in [0.5, 0.6) is 0 Å². The van der Waals surface area contributed by atoms with Crippen molar-refractivity contribution in [1.82, 2.24) is 15.5 Å². The van der Waals surface area contributed by atoms with Crippen LogP contribution < -0.4 is 11.1 Å². The van der Waals surface area contributed by atoms with Crippen LogP contribution in [0, 0.1) is 0 Å². The maximum atomic E-state index is 11.3. The summed E-state index contributed by atoms with van der Waals surface area (Å²) < 4.78 is 0. The molecule has 0 aliphatic carbocycles. The van der Waals surface area contributed by atoms with Gasteiger partial charge in [-0.25, -0.2) is 0 Å². The molecule has 19 heavy (non-hydrogen) atoms. The van der Waals surface area contributed by atoms with Gasteiger partial charge in [-0.15, -0.1) is 12.4 Å². The highest BCUT2D eigenvalue weighted by molar-refractivity contribution is 5.85. The van der Waals surface area contributed by atoms with Gasteiger partial charge in [0.2, 0.25) is 5.91 Å². The molecule has 0 spiro atoms. The molecule has 0 saturated carbocycles. The third-order valence-corrected chi connectivity index (χ3v) is 2.75. The number of hydrogen-bond donors (Lipinski definition) is 4. The summed E-state index contributed by atoms with van der Waals surface area (Å²) in [7, 11) is 0. The standard InChI is InChI=1S/C12H16N4O2.ClH/c13-9(7-17)12(18)14-6-5-11-8-3-1-2-4-10(8)15-16-11;/h1-4,9,17H,5-7,13H2,(H,14,18)(H,15,16);1H/t9-;/m0./s1. The van der Waals surface area contributed by atoms with Gasteiger partial charge in [0, 0.05) is 24.0 Å². The lowest BCUT2D eigenvalue weighted by molar-refractivity contribution is -0.123. The largest absolute Gasteiger partial charge is 0.394 e. The fourth-order valence-electron chi connectivity index (χ4n) is 1.73. The second-order valence-corrected chi connectivity index (χ2v) is 4.05. The van der Waals surface area contributed by atoms with Gasteiger partial charge in [-0.3, -0.25) is 9.89 Å². The molecule has 104 valence electrons. The number of carbonyl (C=O) groups is 1. The molecule has 5 N–H and O–H groups in total. The monoisotopic (exact) mass is 284 g/mol. The lowest BCUT2D eigenvalue weighted by Crippen LogP contribution is -2.43. The molecule has 1 atom stereocenters. The molecule has 2 rings (SSSR count). The lowest BCUT2D eigenvalue weighted by Gasteiger charge is -2.08. The maximum absolute atomic E-state index is 11.3. The van der Waals surface area contributed by atoms with Gasteiger partial charge < -0.3 is 16.2 Å². The van der Waals surface area contributed by atoms with E-state index in [4.69, 9.17) is 10.8 Å². The number of aliphatic hydroxyl groups is 1. The summed E-state index contributed by atoms with van der Waals surface area (Å²) in [5.74, 6) is -0.346. The van der Waals surface area contributed by atoms with E-state index in [0.717, 1.165) is 16.6 Å². The first-order valence-electron chi connectivity index (χ1n) is 5.78. The molecule has 1 heterocycles. The van der Waals surface area contributed by atoms with E-state index < -0.39 is 6.04 Å².